The molecule has 0 bridgehead atoms. The molecule has 0 fully saturated rings. The highest BCUT2D eigenvalue weighted by molar-refractivity contribution is 7.99. The van der Waals surface area contributed by atoms with Crippen LogP contribution < -0.4 is 11.1 Å². The van der Waals surface area contributed by atoms with E-state index in [-0.39, 0.29) is 23.3 Å². The van der Waals surface area contributed by atoms with E-state index in [1.807, 2.05) is 0 Å². The fourth-order valence-electron chi connectivity index (χ4n) is 0.850. The third-order valence-electron chi connectivity index (χ3n) is 1.52. The van der Waals surface area contributed by atoms with Crippen molar-refractivity contribution in [3.05, 3.63) is 6.20 Å². The Hall–Kier alpha value is -2.10. The third-order valence-corrected chi connectivity index (χ3v) is 2.41. The Kier molecular flexibility index (Phi) is 3.00. The van der Waals surface area contributed by atoms with Gasteiger partial charge in [0.15, 0.2) is 0 Å². The van der Waals surface area contributed by atoms with Crippen molar-refractivity contribution in [2.24, 2.45) is 0 Å². The van der Waals surface area contributed by atoms with E-state index in [9.17, 15) is 4.79 Å². The molecule has 2 rings (SSSR count). The first-order valence-corrected chi connectivity index (χ1v) is 5.10. The number of H-pyrrole nitrogens is 1. The van der Waals surface area contributed by atoms with Crippen LogP contribution in [-0.4, -0.2) is 37.4 Å². The highest BCUT2D eigenvalue weighted by Gasteiger charge is 2.10. The maximum atomic E-state index is 11.4. The van der Waals surface area contributed by atoms with Crippen molar-refractivity contribution >= 4 is 29.3 Å². The minimum absolute atomic E-state index is 0.0415. The van der Waals surface area contributed by atoms with Crippen LogP contribution in [0.25, 0.3) is 0 Å². The summed E-state index contributed by atoms with van der Waals surface area (Å²) in [5.74, 6) is 0.0414. The first kappa shape index (κ1) is 10.4. The highest BCUT2D eigenvalue weighted by Crippen LogP contribution is 2.14. The van der Waals surface area contributed by atoms with Gasteiger partial charge in [0.1, 0.15) is 5.03 Å². The van der Waals surface area contributed by atoms with E-state index >= 15 is 0 Å². The average Bonchev–Trinajstić information content (AvgIpc) is 2.88. The number of rotatable bonds is 4. The number of aromatic nitrogens is 5. The smallest absolute Gasteiger partial charge is 0.236 e. The summed E-state index contributed by atoms with van der Waals surface area (Å²) in [5.41, 5.74) is 5.36. The molecule has 4 N–H and O–H groups in total. The second-order valence-electron chi connectivity index (χ2n) is 2.64. The van der Waals surface area contributed by atoms with Gasteiger partial charge in [0.25, 0.3) is 0 Å². The van der Waals surface area contributed by atoms with E-state index < -0.39 is 0 Å². The molecule has 0 aromatic carbocycles. The number of carbonyl (C=O) groups excluding carboxylic acids is 1. The maximum absolute atomic E-state index is 11.4. The first-order chi connectivity index (χ1) is 7.75. The van der Waals surface area contributed by atoms with Crippen molar-refractivity contribution in [1.82, 2.24) is 25.7 Å². The van der Waals surface area contributed by atoms with Crippen LogP contribution in [0.5, 0.6) is 0 Å². The molecule has 2 aromatic rings. The third kappa shape index (κ3) is 2.48. The maximum Gasteiger partial charge on any atom is 0.236 e. The summed E-state index contributed by atoms with van der Waals surface area (Å²) < 4.78 is 4.32. The zero-order chi connectivity index (χ0) is 11.4. The van der Waals surface area contributed by atoms with E-state index in [2.05, 4.69) is 35.7 Å². The summed E-state index contributed by atoms with van der Waals surface area (Å²) in [6.07, 6.45) is 1.52. The normalized spacial score (nSPS) is 10.2. The number of anilines is 2. The number of nitrogens with two attached hydrogens (primary N) is 1. The van der Waals surface area contributed by atoms with Crippen LogP contribution >= 0.6 is 11.8 Å². The van der Waals surface area contributed by atoms with Gasteiger partial charge in [-0.25, -0.2) is 4.63 Å². The number of thioether (sulfide) groups is 1. The summed E-state index contributed by atoms with van der Waals surface area (Å²) >= 11 is 1.23. The molecule has 10 heteroatoms. The molecule has 0 atom stereocenters. The Bertz CT molecular complexity index is 467. The monoisotopic (exact) mass is 241 g/mol. The second kappa shape index (κ2) is 4.61. The molecule has 0 spiro atoms. The van der Waals surface area contributed by atoms with E-state index in [0.717, 1.165) is 0 Å². The van der Waals surface area contributed by atoms with Gasteiger partial charge < -0.3 is 11.1 Å². The minimum Gasteiger partial charge on any atom is -0.378 e. The van der Waals surface area contributed by atoms with Gasteiger partial charge in [-0.1, -0.05) is 11.8 Å². The molecule has 84 valence electrons. The fourth-order valence-corrected chi connectivity index (χ4v) is 1.43. The molecule has 0 unspecified atom stereocenters. The van der Waals surface area contributed by atoms with Gasteiger partial charge in [-0.05, 0) is 10.3 Å². The lowest BCUT2D eigenvalue weighted by Gasteiger charge is -1.98. The van der Waals surface area contributed by atoms with Gasteiger partial charge in [0.2, 0.25) is 17.5 Å². The molecule has 16 heavy (non-hydrogen) atoms. The van der Waals surface area contributed by atoms with Crippen molar-refractivity contribution in [2.75, 3.05) is 16.8 Å². The summed E-state index contributed by atoms with van der Waals surface area (Å²) in [6.45, 7) is 0. The largest absolute Gasteiger partial charge is 0.378 e. The summed E-state index contributed by atoms with van der Waals surface area (Å²) in [6, 6.07) is 0. The predicted molar refractivity (Wildman–Crippen MR) is 54.4 cm³/mol. The Morgan fingerprint density at radius 3 is 3.12 bits per heavy atom. The van der Waals surface area contributed by atoms with Crippen LogP contribution in [0, 0.1) is 0 Å². The first-order valence-electron chi connectivity index (χ1n) is 4.12. The topological polar surface area (TPSA) is 136 Å². The standard InChI is InChI=1S/C6H7N7O2S/c7-5-6(12-15-11-5)9-3(14)2-16-4-1-8-13-10-4/h1H,2H2,(H2,7,11)(H,8,10,13)(H,9,12,14). The lowest BCUT2D eigenvalue weighted by Crippen LogP contribution is -2.15. The van der Waals surface area contributed by atoms with Crippen LogP contribution in [0.2, 0.25) is 0 Å². The van der Waals surface area contributed by atoms with Gasteiger partial charge in [-0.2, -0.15) is 10.3 Å². The average molecular weight is 241 g/mol. The highest BCUT2D eigenvalue weighted by atomic mass is 32.2. The Morgan fingerprint density at radius 1 is 1.62 bits per heavy atom. The zero-order valence-corrected chi connectivity index (χ0v) is 8.69. The number of hydrogen-bond donors (Lipinski definition) is 3. The molecule has 2 heterocycles. The second-order valence-corrected chi connectivity index (χ2v) is 3.64. The van der Waals surface area contributed by atoms with Gasteiger partial charge in [-0.15, -0.1) is 5.10 Å². The Morgan fingerprint density at radius 2 is 2.50 bits per heavy atom. The number of hydrogen-bond acceptors (Lipinski definition) is 8. The molecule has 0 aliphatic heterocycles. The number of amides is 1. The number of nitrogens with one attached hydrogen (secondary N) is 2. The molecule has 0 radical (unpaired) electrons. The van der Waals surface area contributed by atoms with Crippen molar-refractivity contribution in [3.63, 3.8) is 0 Å². The van der Waals surface area contributed by atoms with Crippen LogP contribution in [0.15, 0.2) is 15.9 Å². The van der Waals surface area contributed by atoms with E-state index in [0.29, 0.717) is 5.03 Å². The van der Waals surface area contributed by atoms with Crippen LogP contribution in [0.3, 0.4) is 0 Å². The SMILES string of the molecule is Nc1nonc1NC(=O)CSc1cn[nH]n1. The molecule has 0 aliphatic rings. The van der Waals surface area contributed by atoms with E-state index in [1.54, 1.807) is 0 Å². The zero-order valence-electron chi connectivity index (χ0n) is 7.88. The Labute approximate surface area is 93.1 Å². The van der Waals surface area contributed by atoms with Crippen molar-refractivity contribution in [3.8, 4) is 0 Å². The van der Waals surface area contributed by atoms with E-state index in [4.69, 9.17) is 5.73 Å². The summed E-state index contributed by atoms with van der Waals surface area (Å²) in [4.78, 5) is 11.4. The van der Waals surface area contributed by atoms with E-state index in [1.165, 1.54) is 18.0 Å². The van der Waals surface area contributed by atoms with Crippen molar-refractivity contribution < 1.29 is 9.42 Å². The molecule has 0 aliphatic carbocycles. The van der Waals surface area contributed by atoms with Gasteiger partial charge >= 0.3 is 0 Å². The number of nitrogens with zero attached hydrogens (tertiary/aromatic N) is 4. The van der Waals surface area contributed by atoms with Gasteiger partial charge in [0.05, 0.1) is 11.9 Å². The molecule has 1 amide bonds. The predicted octanol–water partition coefficient (Wildman–Crippen LogP) is -0.499. The summed E-state index contributed by atoms with van der Waals surface area (Å²) in [5, 5.41) is 19.6. The van der Waals surface area contributed by atoms with Crippen LogP contribution in [0.4, 0.5) is 11.6 Å². The molecule has 2 aromatic heterocycles. The number of nitrogen functional groups attached to an aromatic ring is 1. The lowest BCUT2D eigenvalue weighted by molar-refractivity contribution is -0.113. The van der Waals surface area contributed by atoms with Gasteiger partial charge in [0, 0.05) is 0 Å². The molecule has 0 saturated heterocycles. The molecular formula is C6H7N7O2S. The minimum atomic E-state index is -0.282. The molecule has 9 nitrogen and oxygen atoms in total. The quantitative estimate of drug-likeness (QED) is 0.609. The lowest BCUT2D eigenvalue weighted by atomic mass is 10.6. The molecular weight excluding hydrogens is 234 g/mol. The van der Waals surface area contributed by atoms with Gasteiger partial charge in [-0.3, -0.25) is 4.79 Å². The van der Waals surface area contributed by atoms with Crippen LogP contribution in [0.1, 0.15) is 0 Å². The number of carbonyl (C=O) groups is 1. The van der Waals surface area contributed by atoms with Crippen LogP contribution in [-0.2, 0) is 4.79 Å². The summed E-state index contributed by atoms with van der Waals surface area (Å²) in [7, 11) is 0. The Balaban J connectivity index is 1.83. The molecule has 0 saturated carbocycles. The number of aromatic amines is 1. The fraction of sp³-hybridized carbons (Fsp3) is 0.167. The van der Waals surface area contributed by atoms with Crippen molar-refractivity contribution in [2.45, 2.75) is 5.03 Å². The van der Waals surface area contributed by atoms with Crippen molar-refractivity contribution in [1.29, 1.82) is 0 Å².